The number of nitrogens with zero attached hydrogens (tertiary/aromatic N) is 4. The minimum absolute atomic E-state index is 0. The highest BCUT2D eigenvalue weighted by atomic mass is 35.5. The molecule has 0 bridgehead atoms. The van der Waals surface area contributed by atoms with Crippen molar-refractivity contribution in [2.75, 3.05) is 19.6 Å². The van der Waals surface area contributed by atoms with Gasteiger partial charge in [-0.25, -0.2) is 0 Å². The van der Waals surface area contributed by atoms with E-state index in [1.54, 1.807) is 18.2 Å². The average Bonchev–Trinajstić information content (AvgIpc) is 3.09. The van der Waals surface area contributed by atoms with Crippen LogP contribution < -0.4 is 5.32 Å². The van der Waals surface area contributed by atoms with Gasteiger partial charge in [0.05, 0.1) is 13.0 Å². The molecule has 1 fully saturated rings. The average molecular weight is 431 g/mol. The van der Waals surface area contributed by atoms with Crippen molar-refractivity contribution < 1.29 is 4.79 Å². The second-order valence-corrected chi connectivity index (χ2v) is 7.65. The van der Waals surface area contributed by atoms with Gasteiger partial charge in [0.1, 0.15) is 11.6 Å². The Balaban J connectivity index is 0.00000210. The molecule has 2 aromatic rings. The Hall–Kier alpha value is -1.34. The van der Waals surface area contributed by atoms with Crippen molar-refractivity contribution in [3.63, 3.8) is 0 Å². The van der Waals surface area contributed by atoms with E-state index in [9.17, 15) is 4.79 Å². The number of likely N-dealkylation sites (tertiary alicyclic amines) is 1. The molecule has 27 heavy (non-hydrogen) atoms. The number of nitrogens with one attached hydrogen (secondary N) is 1. The zero-order valence-corrected chi connectivity index (χ0v) is 17.2. The van der Waals surface area contributed by atoms with Gasteiger partial charge in [0.25, 0.3) is 0 Å². The first kappa shape index (κ1) is 20.4. The lowest BCUT2D eigenvalue weighted by atomic mass is 9.95. The highest BCUT2D eigenvalue weighted by molar-refractivity contribution is 6.36. The molecule has 1 amide bonds. The summed E-state index contributed by atoms with van der Waals surface area (Å²) in [7, 11) is 0. The third-order valence-corrected chi connectivity index (χ3v) is 5.96. The molecule has 1 saturated heterocycles. The summed E-state index contributed by atoms with van der Waals surface area (Å²) < 4.78 is 2.24. The maximum absolute atomic E-state index is 12.7. The van der Waals surface area contributed by atoms with Crippen molar-refractivity contribution in [3.8, 4) is 0 Å². The molecule has 0 aliphatic carbocycles. The van der Waals surface area contributed by atoms with Crippen LogP contribution in [0.2, 0.25) is 10.0 Å². The lowest BCUT2D eigenvalue weighted by molar-refractivity contribution is -0.131. The van der Waals surface area contributed by atoms with Crippen LogP contribution in [-0.2, 0) is 24.3 Å². The van der Waals surface area contributed by atoms with Crippen molar-refractivity contribution in [1.29, 1.82) is 0 Å². The van der Waals surface area contributed by atoms with Crippen LogP contribution in [0.5, 0.6) is 0 Å². The van der Waals surface area contributed by atoms with Gasteiger partial charge in [0.15, 0.2) is 0 Å². The number of benzene rings is 1. The van der Waals surface area contributed by atoms with E-state index in [1.165, 1.54) is 0 Å². The molecule has 4 rings (SSSR count). The van der Waals surface area contributed by atoms with Gasteiger partial charge in [-0.15, -0.1) is 22.6 Å². The normalized spacial score (nSPS) is 17.3. The SMILES string of the molecule is Cl.O=C(Cc1c(Cl)cccc1Cl)N1CCC(c2nnc3n2CCNC3)CC1. The van der Waals surface area contributed by atoms with Crippen molar-refractivity contribution in [2.45, 2.75) is 38.3 Å². The molecule has 2 aliphatic heterocycles. The zero-order valence-electron chi connectivity index (χ0n) is 14.8. The van der Waals surface area contributed by atoms with Gasteiger partial charge in [0.2, 0.25) is 5.91 Å². The third-order valence-electron chi connectivity index (χ3n) is 5.25. The number of hydrogen-bond donors (Lipinski definition) is 1. The van der Waals surface area contributed by atoms with Crippen LogP contribution >= 0.6 is 35.6 Å². The Morgan fingerprint density at radius 1 is 1.15 bits per heavy atom. The second-order valence-electron chi connectivity index (χ2n) is 6.83. The lowest BCUT2D eigenvalue weighted by Crippen LogP contribution is -2.39. The number of piperidine rings is 1. The monoisotopic (exact) mass is 429 g/mol. The Bertz CT molecular complexity index is 797. The highest BCUT2D eigenvalue weighted by Gasteiger charge is 2.29. The molecule has 1 aromatic heterocycles. The summed E-state index contributed by atoms with van der Waals surface area (Å²) >= 11 is 12.4. The fourth-order valence-corrected chi connectivity index (χ4v) is 4.30. The van der Waals surface area contributed by atoms with Gasteiger partial charge in [-0.2, -0.15) is 0 Å². The number of fused-ring (bicyclic) bond motifs is 1. The van der Waals surface area contributed by atoms with Crippen LogP contribution in [0.3, 0.4) is 0 Å². The number of carbonyl (C=O) groups is 1. The quantitative estimate of drug-likeness (QED) is 0.813. The first-order valence-electron chi connectivity index (χ1n) is 8.97. The summed E-state index contributed by atoms with van der Waals surface area (Å²) in [6, 6.07) is 5.33. The van der Waals surface area contributed by atoms with Gasteiger partial charge < -0.3 is 14.8 Å². The molecule has 0 spiro atoms. The van der Waals surface area contributed by atoms with Crippen LogP contribution in [0, 0.1) is 0 Å². The van der Waals surface area contributed by atoms with Crippen LogP contribution in [-0.4, -0.2) is 45.2 Å². The number of aromatic nitrogens is 3. The number of halogens is 3. The summed E-state index contributed by atoms with van der Waals surface area (Å²) in [6.45, 7) is 4.11. The molecule has 9 heteroatoms. The maximum Gasteiger partial charge on any atom is 0.227 e. The van der Waals surface area contributed by atoms with E-state index in [0.717, 1.165) is 57.2 Å². The minimum Gasteiger partial charge on any atom is -0.342 e. The summed E-state index contributed by atoms with van der Waals surface area (Å²) in [6.07, 6.45) is 2.07. The van der Waals surface area contributed by atoms with E-state index in [4.69, 9.17) is 23.2 Å². The summed E-state index contributed by atoms with van der Waals surface area (Å²) in [5, 5.41) is 13.1. The summed E-state index contributed by atoms with van der Waals surface area (Å²) in [5.41, 5.74) is 0.710. The fourth-order valence-electron chi connectivity index (χ4n) is 3.77. The zero-order chi connectivity index (χ0) is 18.1. The van der Waals surface area contributed by atoms with E-state index in [1.807, 2.05) is 4.90 Å². The smallest absolute Gasteiger partial charge is 0.227 e. The number of carbonyl (C=O) groups excluding carboxylic acids is 1. The van der Waals surface area contributed by atoms with Gasteiger partial charge in [-0.1, -0.05) is 29.3 Å². The van der Waals surface area contributed by atoms with E-state index in [2.05, 4.69) is 20.1 Å². The van der Waals surface area contributed by atoms with Crippen LogP contribution in [0.1, 0.15) is 36.0 Å². The van der Waals surface area contributed by atoms with Gasteiger partial charge in [-0.05, 0) is 30.5 Å². The van der Waals surface area contributed by atoms with Crippen molar-refractivity contribution in [3.05, 3.63) is 45.5 Å². The maximum atomic E-state index is 12.7. The van der Waals surface area contributed by atoms with Crippen LogP contribution in [0.25, 0.3) is 0 Å². The second kappa shape index (κ2) is 8.78. The number of hydrogen-bond acceptors (Lipinski definition) is 4. The van der Waals surface area contributed by atoms with Crippen molar-refractivity contribution in [1.82, 2.24) is 25.0 Å². The first-order valence-corrected chi connectivity index (χ1v) is 9.72. The topological polar surface area (TPSA) is 63.1 Å². The Morgan fingerprint density at radius 3 is 2.56 bits per heavy atom. The predicted molar refractivity (Wildman–Crippen MR) is 108 cm³/mol. The molecular weight excluding hydrogens is 409 g/mol. The Morgan fingerprint density at radius 2 is 1.85 bits per heavy atom. The number of amides is 1. The minimum atomic E-state index is 0. The molecule has 2 aliphatic rings. The van der Waals surface area contributed by atoms with Crippen molar-refractivity contribution >= 4 is 41.5 Å². The Kier molecular flexibility index (Phi) is 6.63. The Labute approximate surface area is 174 Å². The molecule has 1 aromatic carbocycles. The molecule has 0 atom stereocenters. The molecule has 0 saturated carbocycles. The van der Waals surface area contributed by atoms with E-state index < -0.39 is 0 Å². The van der Waals surface area contributed by atoms with E-state index >= 15 is 0 Å². The van der Waals surface area contributed by atoms with Crippen LogP contribution in [0.4, 0.5) is 0 Å². The summed E-state index contributed by atoms with van der Waals surface area (Å²) in [4.78, 5) is 14.6. The van der Waals surface area contributed by atoms with Gasteiger partial charge >= 0.3 is 0 Å². The number of rotatable bonds is 3. The summed E-state index contributed by atoms with van der Waals surface area (Å²) in [5.74, 6) is 2.52. The lowest BCUT2D eigenvalue weighted by Gasteiger charge is -2.32. The predicted octanol–water partition coefficient (Wildman–Crippen LogP) is 3.06. The largest absolute Gasteiger partial charge is 0.342 e. The van der Waals surface area contributed by atoms with Crippen LogP contribution in [0.15, 0.2) is 18.2 Å². The molecule has 0 unspecified atom stereocenters. The first-order chi connectivity index (χ1) is 12.6. The molecular formula is C18H22Cl3N5O. The molecule has 3 heterocycles. The highest BCUT2D eigenvalue weighted by Crippen LogP contribution is 2.29. The molecule has 1 N–H and O–H groups in total. The molecule has 146 valence electrons. The fraction of sp³-hybridized carbons (Fsp3) is 0.500. The van der Waals surface area contributed by atoms with E-state index in [-0.39, 0.29) is 24.7 Å². The molecule has 0 radical (unpaired) electrons. The standard InChI is InChI=1S/C18H21Cl2N5O.ClH/c19-14-2-1-3-15(20)13(14)10-17(26)24-7-4-12(5-8-24)18-23-22-16-11-21-6-9-25(16)18;/h1-3,12,21H,4-11H2;1H. The van der Waals surface area contributed by atoms with Gasteiger partial charge in [-0.3, -0.25) is 4.79 Å². The third kappa shape index (κ3) is 4.24. The van der Waals surface area contributed by atoms with Gasteiger partial charge in [0, 0.05) is 42.1 Å². The van der Waals surface area contributed by atoms with E-state index in [0.29, 0.717) is 21.5 Å². The molecule has 6 nitrogen and oxygen atoms in total. The van der Waals surface area contributed by atoms with Crippen molar-refractivity contribution in [2.24, 2.45) is 0 Å².